The van der Waals surface area contributed by atoms with Crippen LogP contribution in [0, 0.1) is 23.7 Å². The number of ether oxygens (including phenoxy) is 10. The summed E-state index contributed by atoms with van der Waals surface area (Å²) < 4.78 is 58.3. The van der Waals surface area contributed by atoms with Crippen molar-refractivity contribution >= 4 is 17.9 Å². The number of cyclic esters (lactones) is 2. The van der Waals surface area contributed by atoms with E-state index in [1.54, 1.807) is 39.8 Å². The molecular formula is C37H56O15. The first-order valence-corrected chi connectivity index (χ1v) is 18.3. The molecule has 0 aromatic rings. The van der Waals surface area contributed by atoms with Gasteiger partial charge in [-0.2, -0.15) is 0 Å². The van der Waals surface area contributed by atoms with E-state index in [9.17, 15) is 24.6 Å². The van der Waals surface area contributed by atoms with Gasteiger partial charge in [0, 0.05) is 44.5 Å². The minimum Gasteiger partial charge on any atom is -0.459 e. The van der Waals surface area contributed by atoms with Gasteiger partial charge in [-0.05, 0) is 52.2 Å². The molecule has 5 aliphatic heterocycles. The van der Waals surface area contributed by atoms with Crippen LogP contribution in [0.15, 0.2) is 24.3 Å². The van der Waals surface area contributed by atoms with Gasteiger partial charge in [0.05, 0.1) is 31.0 Å². The van der Waals surface area contributed by atoms with Gasteiger partial charge in [-0.25, -0.2) is 9.59 Å². The number of carbonyl (C=O) groups is 3. The second-order valence-electron chi connectivity index (χ2n) is 15.0. The Bertz CT molecular complexity index is 1320. The van der Waals surface area contributed by atoms with Gasteiger partial charge in [-0.15, -0.1) is 0 Å². The van der Waals surface area contributed by atoms with Crippen LogP contribution >= 0.6 is 0 Å². The third-order valence-corrected chi connectivity index (χ3v) is 11.2. The van der Waals surface area contributed by atoms with Gasteiger partial charge in [0.15, 0.2) is 24.0 Å². The monoisotopic (exact) mass is 740 g/mol. The third-order valence-electron chi connectivity index (χ3n) is 11.2. The maximum atomic E-state index is 13.4. The molecule has 5 aliphatic rings. The molecular weight excluding hydrogens is 684 g/mol. The van der Waals surface area contributed by atoms with E-state index < -0.39 is 115 Å². The van der Waals surface area contributed by atoms with Crippen LogP contribution in [-0.4, -0.2) is 134 Å². The molecule has 294 valence electrons. The molecule has 5 heterocycles. The number of epoxide rings is 1. The fourth-order valence-corrected chi connectivity index (χ4v) is 7.99. The summed E-state index contributed by atoms with van der Waals surface area (Å²) in [7, 11) is 2.96. The van der Waals surface area contributed by atoms with Gasteiger partial charge >= 0.3 is 12.1 Å². The van der Waals surface area contributed by atoms with Gasteiger partial charge in [-0.3, -0.25) is 4.79 Å². The van der Waals surface area contributed by atoms with Gasteiger partial charge < -0.3 is 57.6 Å². The zero-order chi connectivity index (χ0) is 38.1. The number of hydrogen-bond donors (Lipinski definition) is 2. The number of methoxy groups -OCH3 is 2. The first-order chi connectivity index (χ1) is 24.6. The number of aliphatic hydroxyl groups is 2. The summed E-state index contributed by atoms with van der Waals surface area (Å²) in [6.45, 7) is 12.6. The number of carbonyl (C=O) groups excluding carboxylic acids is 3. The number of esters is 1. The smallest absolute Gasteiger partial charge is 0.459 e. The summed E-state index contributed by atoms with van der Waals surface area (Å²) in [5.41, 5.74) is -1.35. The number of fused-ring (bicyclic) bond motifs is 1. The normalized spacial score (nSPS) is 48.7. The van der Waals surface area contributed by atoms with Crippen LogP contribution in [-0.2, 0) is 57.0 Å². The molecule has 0 aromatic carbocycles. The Morgan fingerprint density at radius 2 is 1.54 bits per heavy atom. The summed E-state index contributed by atoms with van der Waals surface area (Å²) in [6.07, 6.45) is -3.65. The standard InChI is InChI=1S/C37H56O15/c1-17-10-13-27(39)47-21(5)24(16-45-34-32(44-9)31(43-8)28(40)22(6)48-34)30-26(50-30)12-11-25(38)18(2)14-19(3)29(17)51-35-33(41)37(15-20(4)46-35)23(7)49-36(42)52-37/h10-13,17-24,26,28-35,40-41H,14-16H2,1-9H3/b12-11+,13-10+/t17-,18+,19-,20-,21+,22+,23-,24+,26+,28+,29+,30-,31+,32+,33-,34+,35-,37-/m0/s1. The molecule has 2 N–H and O–H groups in total. The van der Waals surface area contributed by atoms with E-state index in [0.717, 1.165) is 0 Å². The van der Waals surface area contributed by atoms with Gasteiger partial charge in [0.2, 0.25) is 0 Å². The van der Waals surface area contributed by atoms with E-state index in [2.05, 4.69) is 0 Å². The fraction of sp³-hybridized carbons (Fsp3) is 0.811. The Kier molecular flexibility index (Phi) is 13.2. The molecule has 4 saturated heterocycles. The maximum Gasteiger partial charge on any atom is 0.509 e. The highest BCUT2D eigenvalue weighted by molar-refractivity contribution is 5.91. The summed E-state index contributed by atoms with van der Waals surface area (Å²) in [5.74, 6) is -2.20. The van der Waals surface area contributed by atoms with Crippen molar-refractivity contribution in [1.29, 1.82) is 0 Å². The van der Waals surface area contributed by atoms with Crippen LogP contribution in [0.1, 0.15) is 61.3 Å². The average Bonchev–Trinajstić information content (AvgIpc) is 3.79. The summed E-state index contributed by atoms with van der Waals surface area (Å²) in [6, 6.07) is 0. The Morgan fingerprint density at radius 3 is 2.19 bits per heavy atom. The molecule has 4 fully saturated rings. The van der Waals surface area contributed by atoms with Crippen molar-refractivity contribution in [2.24, 2.45) is 23.7 Å². The molecule has 18 atom stereocenters. The van der Waals surface area contributed by atoms with Crippen LogP contribution in [0.2, 0.25) is 0 Å². The van der Waals surface area contributed by atoms with E-state index >= 15 is 0 Å². The molecule has 0 radical (unpaired) electrons. The Balaban J connectivity index is 1.34. The van der Waals surface area contributed by atoms with Crippen molar-refractivity contribution < 1.29 is 72.0 Å². The van der Waals surface area contributed by atoms with Crippen LogP contribution in [0.25, 0.3) is 0 Å². The first kappa shape index (κ1) is 40.7. The Labute approximate surface area is 305 Å². The zero-order valence-corrected chi connectivity index (χ0v) is 31.4. The van der Waals surface area contributed by atoms with E-state index in [4.69, 9.17) is 47.4 Å². The largest absolute Gasteiger partial charge is 0.509 e. The van der Waals surface area contributed by atoms with Crippen molar-refractivity contribution in [3.63, 3.8) is 0 Å². The minimum absolute atomic E-state index is 0.0493. The van der Waals surface area contributed by atoms with Crippen molar-refractivity contribution in [2.75, 3.05) is 20.8 Å². The molecule has 0 aliphatic carbocycles. The Morgan fingerprint density at radius 1 is 0.827 bits per heavy atom. The average molecular weight is 741 g/mol. The molecule has 15 heteroatoms. The molecule has 0 unspecified atom stereocenters. The predicted molar refractivity (Wildman–Crippen MR) is 181 cm³/mol. The second kappa shape index (κ2) is 16.9. The van der Waals surface area contributed by atoms with E-state index in [1.807, 2.05) is 20.8 Å². The van der Waals surface area contributed by atoms with Gasteiger partial charge in [-0.1, -0.05) is 26.8 Å². The molecule has 1 spiro atoms. The molecule has 0 amide bonds. The minimum atomic E-state index is -1.36. The van der Waals surface area contributed by atoms with Gasteiger partial charge in [0.25, 0.3) is 0 Å². The van der Waals surface area contributed by atoms with E-state index in [1.165, 1.54) is 26.4 Å². The van der Waals surface area contributed by atoms with Crippen LogP contribution in [0.5, 0.6) is 0 Å². The van der Waals surface area contributed by atoms with E-state index in [0.29, 0.717) is 6.42 Å². The molecule has 52 heavy (non-hydrogen) atoms. The second-order valence-corrected chi connectivity index (χ2v) is 15.0. The third kappa shape index (κ3) is 8.74. The predicted octanol–water partition coefficient (Wildman–Crippen LogP) is 2.62. The molecule has 5 rings (SSSR count). The summed E-state index contributed by atoms with van der Waals surface area (Å²) in [5, 5.41) is 22.0. The summed E-state index contributed by atoms with van der Waals surface area (Å²) in [4.78, 5) is 38.7. The lowest BCUT2D eigenvalue weighted by Gasteiger charge is -2.46. The highest BCUT2D eigenvalue weighted by Crippen LogP contribution is 2.42. The zero-order valence-electron chi connectivity index (χ0n) is 31.4. The lowest BCUT2D eigenvalue weighted by atomic mass is 9.82. The number of allylic oxidation sites excluding steroid dienone is 1. The van der Waals surface area contributed by atoms with Crippen LogP contribution in [0.3, 0.4) is 0 Å². The van der Waals surface area contributed by atoms with Crippen molar-refractivity contribution in [3.05, 3.63) is 24.3 Å². The highest BCUT2D eigenvalue weighted by Gasteiger charge is 2.61. The molecule has 0 bridgehead atoms. The topological polar surface area (TPSA) is 187 Å². The van der Waals surface area contributed by atoms with Crippen LogP contribution in [0.4, 0.5) is 4.79 Å². The number of aliphatic hydroxyl groups excluding tert-OH is 2. The molecule has 0 aromatic heterocycles. The SMILES string of the molecule is CO[C@@H]1[C@H](O)[C@@H](C)O[C@@H](OC[C@H]2[C@@H]3O[C@@H]3/C=C/C(=O)[C@H](C)C[C@H](C)[C@H](O[C@@H]3O[C@@H](C)C[C@@]4(OC(=O)O[C@H]4C)[C@H]3O)[C@@H](C)/C=C/C(=O)O[C@@H]2C)[C@@H]1OC. The maximum absolute atomic E-state index is 13.4. The lowest BCUT2D eigenvalue weighted by Crippen LogP contribution is -2.62. The first-order valence-electron chi connectivity index (χ1n) is 18.3. The van der Waals surface area contributed by atoms with Crippen molar-refractivity contribution in [3.8, 4) is 0 Å². The van der Waals surface area contributed by atoms with E-state index in [-0.39, 0.29) is 24.7 Å². The van der Waals surface area contributed by atoms with Crippen LogP contribution < -0.4 is 0 Å². The highest BCUT2D eigenvalue weighted by atomic mass is 16.8. The lowest BCUT2D eigenvalue weighted by molar-refractivity contribution is -0.308. The molecule has 15 nitrogen and oxygen atoms in total. The fourth-order valence-electron chi connectivity index (χ4n) is 7.99. The molecule has 0 saturated carbocycles. The van der Waals surface area contributed by atoms with Crippen molar-refractivity contribution in [2.45, 2.75) is 147 Å². The number of hydrogen-bond acceptors (Lipinski definition) is 15. The quantitative estimate of drug-likeness (QED) is 0.286. The number of ketones is 1. The van der Waals surface area contributed by atoms with Gasteiger partial charge in [0.1, 0.15) is 42.7 Å². The number of rotatable bonds is 7. The Hall–Kier alpha value is -2.47. The summed E-state index contributed by atoms with van der Waals surface area (Å²) >= 11 is 0. The van der Waals surface area contributed by atoms with Crippen molar-refractivity contribution in [1.82, 2.24) is 0 Å².